The first kappa shape index (κ1) is 23.5. The minimum atomic E-state index is -0.257. The first-order valence-electron chi connectivity index (χ1n) is 12.2. The quantitative estimate of drug-likeness (QED) is 0.545. The Kier molecular flexibility index (Phi) is 6.55. The Bertz CT molecular complexity index is 1310. The molecule has 0 spiro atoms. The largest absolute Gasteiger partial charge is 0.354 e. The van der Waals surface area contributed by atoms with Crippen molar-refractivity contribution in [1.29, 1.82) is 0 Å². The molecule has 2 N–H and O–H groups in total. The highest BCUT2D eigenvalue weighted by atomic mass is 32.1. The maximum atomic E-state index is 13.1. The third-order valence-corrected chi connectivity index (χ3v) is 7.82. The number of rotatable bonds is 6. The first-order valence-corrected chi connectivity index (χ1v) is 13.0. The van der Waals surface area contributed by atoms with Crippen LogP contribution in [0.1, 0.15) is 50.3 Å². The number of aryl methyl sites for hydroxylation is 1. The molecule has 1 saturated heterocycles. The molecule has 9 nitrogen and oxygen atoms in total. The average molecular weight is 495 g/mol. The highest BCUT2D eigenvalue weighted by molar-refractivity contribution is 7.22. The van der Waals surface area contributed by atoms with Gasteiger partial charge < -0.3 is 15.5 Å². The van der Waals surface area contributed by atoms with Gasteiger partial charge in [-0.05, 0) is 50.7 Å². The number of aromatic nitrogens is 3. The number of thiazole rings is 1. The number of hydrogen-bond acceptors (Lipinski definition) is 7. The van der Waals surface area contributed by atoms with Crippen LogP contribution in [0.4, 0.5) is 5.13 Å². The topological polar surface area (TPSA) is 109 Å². The molecule has 5 rings (SSSR count). The van der Waals surface area contributed by atoms with Crippen molar-refractivity contribution in [3.63, 3.8) is 0 Å². The summed E-state index contributed by atoms with van der Waals surface area (Å²) in [6.45, 7) is 5.26. The Morgan fingerprint density at radius 1 is 1.17 bits per heavy atom. The van der Waals surface area contributed by atoms with Crippen molar-refractivity contribution >= 4 is 38.6 Å². The summed E-state index contributed by atoms with van der Waals surface area (Å²) in [6, 6.07) is 8.24. The Balaban J connectivity index is 1.24. The van der Waals surface area contributed by atoms with E-state index in [0.717, 1.165) is 36.4 Å². The molecule has 2 aliphatic rings. The zero-order chi connectivity index (χ0) is 24.5. The number of fused-ring (bicyclic) bond motifs is 2. The Morgan fingerprint density at radius 2 is 1.94 bits per heavy atom. The molecule has 1 aliphatic carbocycles. The molecular formula is C25H30N6O3S. The maximum Gasteiger partial charge on any atom is 0.273 e. The molecule has 2 aromatic heterocycles. The zero-order valence-electron chi connectivity index (χ0n) is 20.0. The van der Waals surface area contributed by atoms with Crippen molar-refractivity contribution < 1.29 is 9.59 Å². The summed E-state index contributed by atoms with van der Waals surface area (Å²) >= 11 is 1.30. The van der Waals surface area contributed by atoms with Crippen LogP contribution in [-0.4, -0.2) is 45.5 Å². The van der Waals surface area contributed by atoms with E-state index in [4.69, 9.17) is 0 Å². The molecule has 0 radical (unpaired) electrons. The molecule has 10 heteroatoms. The van der Waals surface area contributed by atoms with Gasteiger partial charge in [-0.3, -0.25) is 19.0 Å². The van der Waals surface area contributed by atoms with E-state index in [1.54, 1.807) is 0 Å². The molecule has 2 amide bonds. The van der Waals surface area contributed by atoms with Crippen LogP contribution in [0.2, 0.25) is 0 Å². The number of carbonyl (C=O) groups excluding carboxylic acids is 2. The van der Waals surface area contributed by atoms with E-state index >= 15 is 0 Å². The van der Waals surface area contributed by atoms with Gasteiger partial charge in [0.15, 0.2) is 10.8 Å². The average Bonchev–Trinajstić information content (AvgIpc) is 3.46. The number of amides is 2. The second-order valence-electron chi connectivity index (χ2n) is 9.61. The lowest BCUT2D eigenvalue weighted by atomic mass is 9.96. The molecular weight excluding hydrogens is 464 g/mol. The van der Waals surface area contributed by atoms with Crippen LogP contribution in [0.3, 0.4) is 0 Å². The van der Waals surface area contributed by atoms with Crippen LogP contribution in [0.25, 0.3) is 10.3 Å². The van der Waals surface area contributed by atoms with Gasteiger partial charge in [0.1, 0.15) is 17.6 Å². The first-order chi connectivity index (χ1) is 16.9. The Morgan fingerprint density at radius 3 is 2.71 bits per heavy atom. The summed E-state index contributed by atoms with van der Waals surface area (Å²) < 4.78 is 1.80. The molecule has 35 heavy (non-hydrogen) atoms. The van der Waals surface area contributed by atoms with Crippen LogP contribution >= 0.6 is 11.3 Å². The summed E-state index contributed by atoms with van der Waals surface area (Å²) in [5.74, 6) is -0.0990. The Hall–Kier alpha value is -3.27. The summed E-state index contributed by atoms with van der Waals surface area (Å²) in [5.41, 5.74) is 2.56. The lowest BCUT2D eigenvalue weighted by Crippen LogP contribution is -2.42. The monoisotopic (exact) mass is 494 g/mol. The van der Waals surface area contributed by atoms with Crippen molar-refractivity contribution in [2.45, 2.75) is 58.2 Å². The standard InChI is InChI=1S/C25H30N6O3S/c1-15(2)27-23(33)17-9-11-30(12-10-17)25-29-22-21(35-25)24(34)31(14-26-22)13-20(32)28-19-8-7-16-5-3-4-6-18(16)19/h3-6,14-15,17,19H,7-13H2,1-2H3,(H,27,33)(H,28,32)/t19-/m0/s1. The van der Waals surface area contributed by atoms with Crippen LogP contribution in [0.15, 0.2) is 35.4 Å². The summed E-state index contributed by atoms with van der Waals surface area (Å²) in [5, 5.41) is 6.78. The van der Waals surface area contributed by atoms with Gasteiger partial charge in [0.05, 0.1) is 6.04 Å². The summed E-state index contributed by atoms with van der Waals surface area (Å²) in [6.07, 6.45) is 4.70. The highest BCUT2D eigenvalue weighted by Crippen LogP contribution is 2.31. The summed E-state index contributed by atoms with van der Waals surface area (Å²) in [4.78, 5) is 49.1. The number of nitrogens with one attached hydrogen (secondary N) is 2. The second kappa shape index (κ2) is 9.77. The lowest BCUT2D eigenvalue weighted by molar-refractivity contribution is -0.126. The van der Waals surface area contributed by atoms with Gasteiger partial charge >= 0.3 is 0 Å². The molecule has 0 bridgehead atoms. The highest BCUT2D eigenvalue weighted by Gasteiger charge is 2.28. The van der Waals surface area contributed by atoms with Gasteiger partial charge in [-0.2, -0.15) is 4.98 Å². The minimum absolute atomic E-state index is 0.00345. The fourth-order valence-electron chi connectivity index (χ4n) is 4.92. The van der Waals surface area contributed by atoms with Crippen molar-refractivity contribution in [2.75, 3.05) is 18.0 Å². The number of hydrogen-bond donors (Lipinski definition) is 2. The van der Waals surface area contributed by atoms with E-state index in [1.807, 2.05) is 32.0 Å². The van der Waals surface area contributed by atoms with Crippen LogP contribution < -0.4 is 21.1 Å². The van der Waals surface area contributed by atoms with Crippen molar-refractivity contribution in [2.24, 2.45) is 5.92 Å². The molecule has 1 fully saturated rings. The van der Waals surface area contributed by atoms with Gasteiger partial charge in [-0.25, -0.2) is 4.98 Å². The van der Waals surface area contributed by atoms with Crippen LogP contribution in [0, 0.1) is 5.92 Å². The molecule has 0 unspecified atom stereocenters. The van der Waals surface area contributed by atoms with Gasteiger partial charge in [-0.15, -0.1) is 0 Å². The number of nitrogens with zero attached hydrogens (tertiary/aromatic N) is 4. The van der Waals surface area contributed by atoms with Gasteiger partial charge in [0.25, 0.3) is 5.56 Å². The third kappa shape index (κ3) is 4.93. The fourth-order valence-corrected chi connectivity index (χ4v) is 5.94. The SMILES string of the molecule is CC(C)NC(=O)C1CCN(c2nc3ncn(CC(=O)N[C@H]4CCc5ccccc54)c(=O)c3s2)CC1. The van der Waals surface area contributed by atoms with Crippen LogP contribution in [0.5, 0.6) is 0 Å². The second-order valence-corrected chi connectivity index (χ2v) is 10.6. The molecule has 184 valence electrons. The molecule has 3 heterocycles. The van der Waals surface area contributed by atoms with E-state index < -0.39 is 0 Å². The van der Waals surface area contributed by atoms with Crippen molar-refractivity contribution in [3.05, 3.63) is 52.1 Å². The molecule has 1 atom stereocenters. The predicted molar refractivity (Wildman–Crippen MR) is 136 cm³/mol. The van der Waals surface area contributed by atoms with E-state index in [2.05, 4.69) is 31.6 Å². The number of carbonyl (C=O) groups is 2. The lowest BCUT2D eigenvalue weighted by Gasteiger charge is -2.31. The fraction of sp³-hybridized carbons (Fsp3) is 0.480. The number of piperidine rings is 1. The van der Waals surface area contributed by atoms with Crippen molar-refractivity contribution in [1.82, 2.24) is 25.2 Å². The molecule has 1 aliphatic heterocycles. The molecule has 3 aromatic rings. The van der Waals surface area contributed by atoms with E-state index in [-0.39, 0.29) is 41.9 Å². The zero-order valence-corrected chi connectivity index (χ0v) is 20.8. The normalized spacial score (nSPS) is 18.1. The smallest absolute Gasteiger partial charge is 0.273 e. The number of anilines is 1. The number of benzene rings is 1. The van der Waals surface area contributed by atoms with E-state index in [0.29, 0.717) is 23.4 Å². The third-order valence-electron chi connectivity index (χ3n) is 6.72. The maximum absolute atomic E-state index is 13.1. The predicted octanol–water partition coefficient (Wildman–Crippen LogP) is 2.40. The van der Waals surface area contributed by atoms with E-state index in [1.165, 1.54) is 27.8 Å². The van der Waals surface area contributed by atoms with Gasteiger partial charge in [-0.1, -0.05) is 35.6 Å². The molecule has 1 aromatic carbocycles. The van der Waals surface area contributed by atoms with Crippen LogP contribution in [-0.2, 0) is 22.6 Å². The Labute approximate surface area is 207 Å². The van der Waals surface area contributed by atoms with Crippen molar-refractivity contribution in [3.8, 4) is 0 Å². The van der Waals surface area contributed by atoms with Gasteiger partial charge in [0.2, 0.25) is 11.8 Å². The molecule has 0 saturated carbocycles. The summed E-state index contributed by atoms with van der Waals surface area (Å²) in [7, 11) is 0. The minimum Gasteiger partial charge on any atom is -0.354 e. The van der Waals surface area contributed by atoms with Gasteiger partial charge in [0, 0.05) is 25.0 Å². The van der Waals surface area contributed by atoms with E-state index in [9.17, 15) is 14.4 Å².